The SMILES string of the molecule is CCCCc1nc(Cl)c(C(CC)C(=O)O)c(Cc2ccccc2)n1. The molecule has 1 aromatic heterocycles. The molecule has 128 valence electrons. The third kappa shape index (κ3) is 4.54. The molecule has 0 spiro atoms. The quantitative estimate of drug-likeness (QED) is 0.707. The molecule has 5 heteroatoms. The Morgan fingerprint density at radius 3 is 2.50 bits per heavy atom. The molecule has 1 N–H and O–H groups in total. The first-order valence-electron chi connectivity index (χ1n) is 8.38. The number of aliphatic carboxylic acids is 1. The number of rotatable bonds is 8. The normalized spacial score (nSPS) is 12.1. The van der Waals surface area contributed by atoms with Gasteiger partial charge in [-0.25, -0.2) is 9.97 Å². The summed E-state index contributed by atoms with van der Waals surface area (Å²) in [6.07, 6.45) is 3.79. The number of carbonyl (C=O) groups is 1. The predicted octanol–water partition coefficient (Wildman–Crippen LogP) is 4.64. The average molecular weight is 347 g/mol. The number of benzene rings is 1. The Kier molecular flexibility index (Phi) is 6.73. The van der Waals surface area contributed by atoms with E-state index in [9.17, 15) is 9.90 Å². The van der Waals surface area contributed by atoms with E-state index in [0.717, 1.165) is 30.5 Å². The molecule has 1 unspecified atom stereocenters. The van der Waals surface area contributed by atoms with Gasteiger partial charge in [-0.05, 0) is 18.4 Å². The summed E-state index contributed by atoms with van der Waals surface area (Å²) in [5.74, 6) is -0.883. The van der Waals surface area contributed by atoms with Crippen LogP contribution >= 0.6 is 11.6 Å². The van der Waals surface area contributed by atoms with Crippen LogP contribution < -0.4 is 0 Å². The minimum Gasteiger partial charge on any atom is -0.481 e. The molecule has 2 rings (SSSR count). The molecule has 0 radical (unpaired) electrons. The highest BCUT2D eigenvalue weighted by molar-refractivity contribution is 6.30. The Morgan fingerprint density at radius 2 is 1.92 bits per heavy atom. The number of aryl methyl sites for hydroxylation is 1. The monoisotopic (exact) mass is 346 g/mol. The molecule has 0 saturated carbocycles. The largest absolute Gasteiger partial charge is 0.481 e. The molecular formula is C19H23ClN2O2. The molecule has 4 nitrogen and oxygen atoms in total. The fourth-order valence-electron chi connectivity index (χ4n) is 2.75. The standard InChI is InChI=1S/C19H23ClN2O2/c1-3-5-11-16-21-15(12-13-9-7-6-8-10-13)17(18(20)22-16)14(4-2)19(23)24/h6-10,14H,3-5,11-12H2,1-2H3,(H,23,24). The number of carboxylic acid groups (broad SMARTS) is 1. The molecule has 0 amide bonds. The van der Waals surface area contributed by atoms with Crippen LogP contribution in [0.4, 0.5) is 0 Å². The van der Waals surface area contributed by atoms with Gasteiger partial charge in [-0.2, -0.15) is 0 Å². The van der Waals surface area contributed by atoms with Crippen LogP contribution in [0.3, 0.4) is 0 Å². The average Bonchev–Trinajstić information content (AvgIpc) is 2.56. The smallest absolute Gasteiger partial charge is 0.311 e. The van der Waals surface area contributed by atoms with Crippen molar-refractivity contribution in [2.24, 2.45) is 0 Å². The van der Waals surface area contributed by atoms with Crippen LogP contribution in [0.2, 0.25) is 5.15 Å². The van der Waals surface area contributed by atoms with Crippen LogP contribution in [0.25, 0.3) is 0 Å². The van der Waals surface area contributed by atoms with E-state index in [2.05, 4.69) is 16.9 Å². The Labute approximate surface area is 147 Å². The lowest BCUT2D eigenvalue weighted by atomic mass is 9.93. The lowest BCUT2D eigenvalue weighted by Gasteiger charge is -2.17. The van der Waals surface area contributed by atoms with Crippen molar-refractivity contribution in [2.75, 3.05) is 0 Å². The zero-order valence-electron chi connectivity index (χ0n) is 14.1. The Bertz CT molecular complexity index is 689. The first-order valence-corrected chi connectivity index (χ1v) is 8.76. The molecule has 2 aromatic rings. The molecule has 1 aromatic carbocycles. The van der Waals surface area contributed by atoms with Gasteiger partial charge < -0.3 is 5.11 Å². The fraction of sp³-hybridized carbons (Fsp3) is 0.421. The van der Waals surface area contributed by atoms with Crippen LogP contribution in [-0.2, 0) is 17.6 Å². The number of halogens is 1. The van der Waals surface area contributed by atoms with E-state index in [1.54, 1.807) is 0 Å². The van der Waals surface area contributed by atoms with E-state index in [4.69, 9.17) is 11.6 Å². The van der Waals surface area contributed by atoms with Crippen molar-refractivity contribution in [2.45, 2.75) is 51.9 Å². The van der Waals surface area contributed by atoms with Crippen molar-refractivity contribution >= 4 is 17.6 Å². The lowest BCUT2D eigenvalue weighted by Crippen LogP contribution is -2.17. The lowest BCUT2D eigenvalue weighted by molar-refractivity contribution is -0.138. The van der Waals surface area contributed by atoms with E-state index in [0.29, 0.717) is 24.2 Å². The van der Waals surface area contributed by atoms with Crippen molar-refractivity contribution in [3.05, 3.63) is 58.1 Å². The van der Waals surface area contributed by atoms with Crippen molar-refractivity contribution in [3.8, 4) is 0 Å². The van der Waals surface area contributed by atoms with E-state index >= 15 is 0 Å². The summed E-state index contributed by atoms with van der Waals surface area (Å²) in [6, 6.07) is 9.89. The molecule has 0 aliphatic carbocycles. The van der Waals surface area contributed by atoms with Gasteiger partial charge in [0.05, 0.1) is 11.6 Å². The molecule has 24 heavy (non-hydrogen) atoms. The van der Waals surface area contributed by atoms with Gasteiger partial charge in [-0.1, -0.05) is 62.2 Å². The summed E-state index contributed by atoms with van der Waals surface area (Å²) >= 11 is 6.38. The number of unbranched alkanes of at least 4 members (excludes halogenated alkanes) is 1. The molecule has 1 atom stereocenters. The number of aromatic nitrogens is 2. The highest BCUT2D eigenvalue weighted by Gasteiger charge is 2.26. The summed E-state index contributed by atoms with van der Waals surface area (Å²) < 4.78 is 0. The van der Waals surface area contributed by atoms with Crippen molar-refractivity contribution in [1.82, 2.24) is 9.97 Å². The molecule has 0 fully saturated rings. The van der Waals surface area contributed by atoms with Crippen molar-refractivity contribution < 1.29 is 9.90 Å². The minimum absolute atomic E-state index is 0.274. The van der Waals surface area contributed by atoms with Gasteiger partial charge in [0.1, 0.15) is 11.0 Å². The second-order valence-electron chi connectivity index (χ2n) is 5.86. The molecule has 0 aliphatic rings. The third-order valence-corrected chi connectivity index (χ3v) is 4.34. The van der Waals surface area contributed by atoms with Crippen molar-refractivity contribution in [1.29, 1.82) is 0 Å². The maximum atomic E-state index is 11.6. The van der Waals surface area contributed by atoms with Crippen molar-refractivity contribution in [3.63, 3.8) is 0 Å². The molecule has 0 bridgehead atoms. The second-order valence-corrected chi connectivity index (χ2v) is 6.21. The topological polar surface area (TPSA) is 63.1 Å². The van der Waals surface area contributed by atoms with Gasteiger partial charge in [0.15, 0.2) is 0 Å². The molecular weight excluding hydrogens is 324 g/mol. The summed E-state index contributed by atoms with van der Waals surface area (Å²) in [5, 5.41) is 9.81. The Balaban J connectivity index is 2.48. The van der Waals surface area contributed by atoms with Crippen LogP contribution in [0.15, 0.2) is 30.3 Å². The number of hydrogen-bond donors (Lipinski definition) is 1. The van der Waals surface area contributed by atoms with E-state index in [1.807, 2.05) is 37.3 Å². The minimum atomic E-state index is -0.890. The summed E-state index contributed by atoms with van der Waals surface area (Å²) in [5.41, 5.74) is 2.35. The van der Waals surface area contributed by atoms with Crippen LogP contribution in [0.1, 0.15) is 61.7 Å². The first-order chi connectivity index (χ1) is 11.6. The number of hydrogen-bond acceptors (Lipinski definition) is 3. The molecule has 0 saturated heterocycles. The predicted molar refractivity (Wildman–Crippen MR) is 95.6 cm³/mol. The zero-order valence-corrected chi connectivity index (χ0v) is 14.9. The van der Waals surface area contributed by atoms with E-state index in [1.165, 1.54) is 0 Å². The van der Waals surface area contributed by atoms with Gasteiger partial charge in [-0.3, -0.25) is 4.79 Å². The molecule has 0 aliphatic heterocycles. The van der Waals surface area contributed by atoms with Gasteiger partial charge in [-0.15, -0.1) is 0 Å². The Morgan fingerprint density at radius 1 is 1.21 bits per heavy atom. The van der Waals surface area contributed by atoms with E-state index in [-0.39, 0.29) is 5.15 Å². The Hall–Kier alpha value is -1.94. The first kappa shape index (κ1) is 18.4. The van der Waals surface area contributed by atoms with E-state index < -0.39 is 11.9 Å². The van der Waals surface area contributed by atoms with Crippen LogP contribution in [0, 0.1) is 0 Å². The maximum absolute atomic E-state index is 11.6. The van der Waals surface area contributed by atoms with Gasteiger partial charge in [0.25, 0.3) is 0 Å². The van der Waals surface area contributed by atoms with Gasteiger partial charge in [0, 0.05) is 18.4 Å². The van der Waals surface area contributed by atoms with Crippen LogP contribution in [0.5, 0.6) is 0 Å². The molecule has 1 heterocycles. The fourth-order valence-corrected chi connectivity index (χ4v) is 3.09. The summed E-state index contributed by atoms with van der Waals surface area (Å²) in [7, 11) is 0. The zero-order chi connectivity index (χ0) is 17.5. The van der Waals surface area contributed by atoms with Gasteiger partial charge in [0.2, 0.25) is 0 Å². The highest BCUT2D eigenvalue weighted by Crippen LogP contribution is 2.30. The number of nitrogens with zero attached hydrogens (tertiary/aromatic N) is 2. The van der Waals surface area contributed by atoms with Crippen LogP contribution in [-0.4, -0.2) is 21.0 Å². The second kappa shape index (κ2) is 8.78. The number of carboxylic acids is 1. The summed E-state index contributed by atoms with van der Waals surface area (Å²) in [6.45, 7) is 3.95. The van der Waals surface area contributed by atoms with Gasteiger partial charge >= 0.3 is 5.97 Å². The summed E-state index contributed by atoms with van der Waals surface area (Å²) in [4.78, 5) is 20.6. The maximum Gasteiger partial charge on any atom is 0.311 e. The highest BCUT2D eigenvalue weighted by atomic mass is 35.5. The third-order valence-electron chi connectivity index (χ3n) is 4.05.